The maximum absolute atomic E-state index is 5.32. The van der Waals surface area contributed by atoms with Crippen LogP contribution in [-0.4, -0.2) is 28.6 Å². The second kappa shape index (κ2) is 6.72. The van der Waals surface area contributed by atoms with Crippen molar-refractivity contribution in [3.8, 4) is 5.75 Å². The van der Waals surface area contributed by atoms with E-state index in [0.717, 1.165) is 31.7 Å². The molecule has 5 nitrogen and oxygen atoms in total. The van der Waals surface area contributed by atoms with Gasteiger partial charge >= 0.3 is 0 Å². The quantitative estimate of drug-likeness (QED) is 0.828. The van der Waals surface area contributed by atoms with Crippen LogP contribution in [0, 0.1) is 0 Å². The smallest absolute Gasteiger partial charge is 0.119 e. The summed E-state index contributed by atoms with van der Waals surface area (Å²) in [6, 6.07) is 6.92. The van der Waals surface area contributed by atoms with E-state index in [4.69, 9.17) is 4.74 Å². The summed E-state index contributed by atoms with van der Waals surface area (Å²) >= 11 is 0. The highest BCUT2D eigenvalue weighted by Gasteiger charge is 2.19. The maximum atomic E-state index is 5.32. The summed E-state index contributed by atoms with van der Waals surface area (Å²) in [5.41, 5.74) is 2.86. The molecule has 0 saturated carbocycles. The van der Waals surface area contributed by atoms with E-state index in [9.17, 15) is 0 Å². The van der Waals surface area contributed by atoms with E-state index in [0.29, 0.717) is 6.04 Å². The van der Waals surface area contributed by atoms with Gasteiger partial charge in [-0.15, -0.1) is 5.10 Å². The molecule has 0 aliphatic heterocycles. The van der Waals surface area contributed by atoms with E-state index >= 15 is 0 Å². The molecule has 1 unspecified atom stereocenters. The predicted octanol–water partition coefficient (Wildman–Crippen LogP) is 2.34. The molecule has 1 aromatic heterocycles. The van der Waals surface area contributed by atoms with Crippen molar-refractivity contribution in [2.24, 2.45) is 0 Å². The molecular formula is C16H22N4O. The fourth-order valence-corrected chi connectivity index (χ4v) is 3.00. The first-order valence-electron chi connectivity index (χ1n) is 7.61. The van der Waals surface area contributed by atoms with Gasteiger partial charge in [0.25, 0.3) is 0 Å². The van der Waals surface area contributed by atoms with Crippen LogP contribution < -0.4 is 10.1 Å². The van der Waals surface area contributed by atoms with Gasteiger partial charge in [0, 0.05) is 18.8 Å². The monoisotopic (exact) mass is 286 g/mol. The van der Waals surface area contributed by atoms with E-state index in [2.05, 4.69) is 33.8 Å². The molecule has 5 heteroatoms. The minimum absolute atomic E-state index is 0.468. The lowest BCUT2D eigenvalue weighted by Gasteiger charge is -2.27. The van der Waals surface area contributed by atoms with Crippen LogP contribution in [0.25, 0.3) is 0 Å². The van der Waals surface area contributed by atoms with Crippen molar-refractivity contribution >= 4 is 0 Å². The molecule has 0 amide bonds. The Morgan fingerprint density at radius 3 is 3.19 bits per heavy atom. The Morgan fingerprint density at radius 1 is 1.43 bits per heavy atom. The molecule has 1 aromatic carbocycles. The summed E-state index contributed by atoms with van der Waals surface area (Å²) in [6.45, 7) is 1.91. The Kier molecular flexibility index (Phi) is 4.50. The van der Waals surface area contributed by atoms with Gasteiger partial charge in [-0.3, -0.25) is 4.68 Å². The number of hydrogen-bond acceptors (Lipinski definition) is 4. The summed E-state index contributed by atoms with van der Waals surface area (Å²) in [5, 5.41) is 11.5. The van der Waals surface area contributed by atoms with Gasteiger partial charge in [-0.2, -0.15) is 0 Å². The van der Waals surface area contributed by atoms with Gasteiger partial charge in [-0.25, -0.2) is 0 Å². The highest BCUT2D eigenvalue weighted by Crippen LogP contribution is 2.32. The Hall–Kier alpha value is -1.88. The van der Waals surface area contributed by atoms with Crippen molar-refractivity contribution in [3.63, 3.8) is 0 Å². The first-order valence-corrected chi connectivity index (χ1v) is 7.61. The van der Waals surface area contributed by atoms with E-state index in [1.165, 1.54) is 24.0 Å². The molecule has 1 atom stereocenters. The van der Waals surface area contributed by atoms with E-state index in [1.54, 1.807) is 13.3 Å². The highest BCUT2D eigenvalue weighted by molar-refractivity contribution is 5.39. The standard InChI is InChI=1S/C16H22N4O/c1-21-14-6-7-15-13(12-14)4-2-5-16(15)17-8-3-10-20-11-9-18-19-20/h6-7,9,11-12,16-17H,2-5,8,10H2,1H3. The highest BCUT2D eigenvalue weighted by atomic mass is 16.5. The van der Waals surface area contributed by atoms with Crippen LogP contribution in [0.2, 0.25) is 0 Å². The van der Waals surface area contributed by atoms with Crippen molar-refractivity contribution in [2.75, 3.05) is 13.7 Å². The summed E-state index contributed by atoms with van der Waals surface area (Å²) in [4.78, 5) is 0. The third-order valence-electron chi connectivity index (χ3n) is 4.09. The molecule has 1 heterocycles. The predicted molar refractivity (Wildman–Crippen MR) is 81.3 cm³/mol. The summed E-state index contributed by atoms with van der Waals surface area (Å²) in [7, 11) is 1.73. The zero-order valence-electron chi connectivity index (χ0n) is 12.5. The largest absolute Gasteiger partial charge is 0.497 e. The molecule has 21 heavy (non-hydrogen) atoms. The van der Waals surface area contributed by atoms with Crippen LogP contribution in [0.1, 0.15) is 36.4 Å². The van der Waals surface area contributed by atoms with Crippen molar-refractivity contribution in [1.82, 2.24) is 20.3 Å². The van der Waals surface area contributed by atoms with E-state index in [1.807, 2.05) is 10.9 Å². The zero-order chi connectivity index (χ0) is 14.5. The van der Waals surface area contributed by atoms with Gasteiger partial charge in [0.15, 0.2) is 0 Å². The zero-order valence-corrected chi connectivity index (χ0v) is 12.5. The fraction of sp³-hybridized carbons (Fsp3) is 0.500. The Bertz CT molecular complexity index is 568. The van der Waals surface area contributed by atoms with Crippen LogP contribution in [0.3, 0.4) is 0 Å². The molecule has 3 rings (SSSR count). The van der Waals surface area contributed by atoms with Gasteiger partial charge in [0.1, 0.15) is 5.75 Å². The Labute approximate surface area is 125 Å². The maximum Gasteiger partial charge on any atom is 0.119 e. The number of ether oxygens (including phenoxy) is 1. The third-order valence-corrected chi connectivity index (χ3v) is 4.09. The van der Waals surface area contributed by atoms with E-state index < -0.39 is 0 Å². The lowest BCUT2D eigenvalue weighted by Crippen LogP contribution is -2.26. The summed E-state index contributed by atoms with van der Waals surface area (Å²) in [6.07, 6.45) is 8.29. The number of nitrogens with zero attached hydrogens (tertiary/aromatic N) is 3. The van der Waals surface area contributed by atoms with E-state index in [-0.39, 0.29) is 0 Å². The van der Waals surface area contributed by atoms with Crippen LogP contribution >= 0.6 is 0 Å². The topological polar surface area (TPSA) is 52.0 Å². The molecular weight excluding hydrogens is 264 g/mol. The number of nitrogens with one attached hydrogen (secondary N) is 1. The minimum Gasteiger partial charge on any atom is -0.497 e. The normalized spacial score (nSPS) is 17.5. The van der Waals surface area contributed by atoms with Crippen LogP contribution in [0.5, 0.6) is 5.75 Å². The van der Waals surface area contributed by atoms with Crippen LogP contribution in [0.4, 0.5) is 0 Å². The second-order valence-electron chi connectivity index (χ2n) is 5.48. The molecule has 0 bridgehead atoms. The molecule has 1 N–H and O–H groups in total. The summed E-state index contributed by atoms with van der Waals surface area (Å²) < 4.78 is 7.20. The Balaban J connectivity index is 1.55. The molecule has 0 fully saturated rings. The SMILES string of the molecule is COc1ccc2c(c1)CCCC2NCCCn1ccnn1. The number of aryl methyl sites for hydroxylation is 2. The summed E-state index contributed by atoms with van der Waals surface area (Å²) in [5.74, 6) is 0.959. The average Bonchev–Trinajstić information content (AvgIpc) is 3.04. The van der Waals surface area contributed by atoms with Crippen LogP contribution in [0.15, 0.2) is 30.6 Å². The van der Waals surface area contributed by atoms with Gasteiger partial charge in [-0.05, 0) is 55.5 Å². The first-order chi connectivity index (χ1) is 10.4. The molecule has 1 aliphatic rings. The van der Waals surface area contributed by atoms with Gasteiger partial charge in [0.05, 0.1) is 13.3 Å². The average molecular weight is 286 g/mol. The minimum atomic E-state index is 0.468. The van der Waals surface area contributed by atoms with Crippen LogP contribution in [-0.2, 0) is 13.0 Å². The van der Waals surface area contributed by atoms with Crippen molar-refractivity contribution in [1.29, 1.82) is 0 Å². The van der Waals surface area contributed by atoms with Crippen molar-refractivity contribution < 1.29 is 4.74 Å². The molecule has 0 radical (unpaired) electrons. The number of rotatable bonds is 6. The number of aromatic nitrogens is 3. The lowest BCUT2D eigenvalue weighted by atomic mass is 9.87. The van der Waals surface area contributed by atoms with Crippen molar-refractivity contribution in [3.05, 3.63) is 41.7 Å². The molecule has 2 aromatic rings. The first kappa shape index (κ1) is 14.1. The number of benzene rings is 1. The van der Waals surface area contributed by atoms with Gasteiger partial charge < -0.3 is 10.1 Å². The molecule has 1 aliphatic carbocycles. The fourth-order valence-electron chi connectivity index (χ4n) is 3.00. The number of hydrogen-bond donors (Lipinski definition) is 1. The van der Waals surface area contributed by atoms with Crippen molar-refractivity contribution in [2.45, 2.75) is 38.3 Å². The third kappa shape index (κ3) is 3.42. The molecule has 112 valence electrons. The second-order valence-corrected chi connectivity index (χ2v) is 5.48. The molecule has 0 spiro atoms. The molecule has 0 saturated heterocycles. The number of fused-ring (bicyclic) bond motifs is 1. The number of methoxy groups -OCH3 is 1. The van der Waals surface area contributed by atoms with Gasteiger partial charge in [-0.1, -0.05) is 11.3 Å². The lowest BCUT2D eigenvalue weighted by molar-refractivity contribution is 0.409. The Morgan fingerprint density at radius 2 is 2.38 bits per heavy atom. The van der Waals surface area contributed by atoms with Gasteiger partial charge in [0.2, 0.25) is 0 Å².